The van der Waals surface area contributed by atoms with E-state index in [1.54, 1.807) is 16.3 Å². The van der Waals surface area contributed by atoms with E-state index >= 15 is 0 Å². The van der Waals surface area contributed by atoms with E-state index in [1.165, 1.54) is 0 Å². The molecule has 2 aromatic rings. The van der Waals surface area contributed by atoms with Crippen molar-refractivity contribution in [2.45, 2.75) is 51.1 Å². The first-order chi connectivity index (χ1) is 14.7. The van der Waals surface area contributed by atoms with E-state index in [2.05, 4.69) is 32.1 Å². The van der Waals surface area contributed by atoms with Gasteiger partial charge in [-0.2, -0.15) is 5.10 Å². The molecule has 0 fully saturated rings. The molecule has 30 heavy (non-hydrogen) atoms. The number of aryl methyl sites for hydroxylation is 2. The van der Waals surface area contributed by atoms with Gasteiger partial charge in [-0.3, -0.25) is 14.4 Å². The minimum atomic E-state index is 0.00134. The SMILES string of the molecule is CN=C(NCCCn1nc2n(c1=O)CCCC2)NCC1CC(=O)Nc2ccccc21. The third-order valence-electron chi connectivity index (χ3n) is 5.72. The first-order valence-corrected chi connectivity index (χ1v) is 10.7. The van der Waals surface area contributed by atoms with Crippen LogP contribution in [0.2, 0.25) is 0 Å². The van der Waals surface area contributed by atoms with Crippen LogP contribution in [-0.4, -0.2) is 46.4 Å². The second-order valence-corrected chi connectivity index (χ2v) is 7.80. The lowest BCUT2D eigenvalue weighted by atomic mass is 9.90. The Morgan fingerprint density at radius 2 is 2.13 bits per heavy atom. The van der Waals surface area contributed by atoms with Crippen molar-refractivity contribution >= 4 is 17.6 Å². The summed E-state index contributed by atoms with van der Waals surface area (Å²) in [5, 5.41) is 14.0. The Hall–Kier alpha value is -3.10. The molecule has 0 saturated carbocycles. The number of para-hydroxylation sites is 1. The van der Waals surface area contributed by atoms with Crippen LogP contribution in [0.1, 0.15) is 43.0 Å². The summed E-state index contributed by atoms with van der Waals surface area (Å²) < 4.78 is 3.38. The Labute approximate surface area is 175 Å². The van der Waals surface area contributed by atoms with Gasteiger partial charge in [-0.15, -0.1) is 0 Å². The van der Waals surface area contributed by atoms with E-state index in [0.717, 1.165) is 49.3 Å². The van der Waals surface area contributed by atoms with Gasteiger partial charge in [0.05, 0.1) is 0 Å². The second-order valence-electron chi connectivity index (χ2n) is 7.80. The van der Waals surface area contributed by atoms with Crippen molar-refractivity contribution < 1.29 is 4.79 Å². The highest BCUT2D eigenvalue weighted by molar-refractivity contribution is 5.94. The summed E-state index contributed by atoms with van der Waals surface area (Å²) in [7, 11) is 1.73. The highest BCUT2D eigenvalue weighted by Gasteiger charge is 2.24. The summed E-state index contributed by atoms with van der Waals surface area (Å²) in [5.74, 6) is 1.74. The number of hydrogen-bond acceptors (Lipinski definition) is 4. The Morgan fingerprint density at radius 3 is 2.97 bits per heavy atom. The van der Waals surface area contributed by atoms with Crippen LogP contribution in [0, 0.1) is 0 Å². The van der Waals surface area contributed by atoms with Gasteiger partial charge in [0, 0.05) is 57.7 Å². The van der Waals surface area contributed by atoms with Gasteiger partial charge in [0.15, 0.2) is 5.96 Å². The monoisotopic (exact) mass is 411 g/mol. The molecule has 3 N–H and O–H groups in total. The van der Waals surface area contributed by atoms with Crippen LogP contribution >= 0.6 is 0 Å². The molecule has 0 aliphatic carbocycles. The molecule has 9 nitrogen and oxygen atoms in total. The van der Waals surface area contributed by atoms with Crippen molar-refractivity contribution in [1.29, 1.82) is 0 Å². The fourth-order valence-corrected chi connectivity index (χ4v) is 4.15. The Kier molecular flexibility index (Phi) is 6.15. The summed E-state index contributed by atoms with van der Waals surface area (Å²) >= 11 is 0. The van der Waals surface area contributed by atoms with Crippen molar-refractivity contribution in [3.05, 3.63) is 46.1 Å². The van der Waals surface area contributed by atoms with E-state index in [4.69, 9.17) is 0 Å². The summed E-state index contributed by atoms with van der Waals surface area (Å²) in [5.41, 5.74) is 2.03. The van der Waals surface area contributed by atoms with E-state index < -0.39 is 0 Å². The molecule has 1 aromatic heterocycles. The number of nitrogens with zero attached hydrogens (tertiary/aromatic N) is 4. The van der Waals surface area contributed by atoms with Crippen LogP contribution in [-0.2, 0) is 24.3 Å². The lowest BCUT2D eigenvalue weighted by Crippen LogP contribution is -2.41. The van der Waals surface area contributed by atoms with Gasteiger partial charge in [-0.1, -0.05) is 18.2 Å². The highest BCUT2D eigenvalue weighted by Crippen LogP contribution is 2.31. The molecule has 3 heterocycles. The maximum absolute atomic E-state index is 12.4. The number of carbonyl (C=O) groups is 1. The first kappa shape index (κ1) is 20.2. The maximum Gasteiger partial charge on any atom is 0.345 e. The molecule has 0 radical (unpaired) electrons. The van der Waals surface area contributed by atoms with Crippen molar-refractivity contribution in [3.63, 3.8) is 0 Å². The predicted molar refractivity (Wildman–Crippen MR) is 116 cm³/mol. The lowest BCUT2D eigenvalue weighted by Gasteiger charge is -2.26. The molecule has 160 valence electrons. The molecule has 1 aromatic carbocycles. The van der Waals surface area contributed by atoms with E-state index in [-0.39, 0.29) is 17.5 Å². The first-order valence-electron chi connectivity index (χ1n) is 10.7. The third-order valence-corrected chi connectivity index (χ3v) is 5.72. The minimum Gasteiger partial charge on any atom is -0.356 e. The van der Waals surface area contributed by atoms with Crippen molar-refractivity contribution in [2.24, 2.45) is 4.99 Å². The van der Waals surface area contributed by atoms with Crippen LogP contribution in [0.15, 0.2) is 34.1 Å². The fourth-order valence-electron chi connectivity index (χ4n) is 4.15. The highest BCUT2D eigenvalue weighted by atomic mass is 16.2. The molecule has 1 unspecified atom stereocenters. The van der Waals surface area contributed by atoms with Crippen molar-refractivity contribution in [1.82, 2.24) is 25.0 Å². The van der Waals surface area contributed by atoms with Gasteiger partial charge >= 0.3 is 5.69 Å². The number of aliphatic imine (C=N–C) groups is 1. The molecule has 4 rings (SSSR count). The van der Waals surface area contributed by atoms with Gasteiger partial charge in [-0.25, -0.2) is 9.48 Å². The molecule has 0 bridgehead atoms. The zero-order chi connectivity index (χ0) is 20.9. The number of carbonyl (C=O) groups excluding carboxylic acids is 1. The van der Waals surface area contributed by atoms with Crippen molar-refractivity contribution in [3.8, 4) is 0 Å². The van der Waals surface area contributed by atoms with Gasteiger partial charge < -0.3 is 16.0 Å². The van der Waals surface area contributed by atoms with Crippen LogP contribution in [0.4, 0.5) is 5.69 Å². The largest absolute Gasteiger partial charge is 0.356 e. The molecule has 2 aliphatic heterocycles. The zero-order valence-electron chi connectivity index (χ0n) is 17.4. The smallest absolute Gasteiger partial charge is 0.345 e. The Morgan fingerprint density at radius 1 is 1.27 bits per heavy atom. The third kappa shape index (κ3) is 4.39. The molecule has 9 heteroatoms. The van der Waals surface area contributed by atoms with E-state index in [1.807, 2.05) is 18.2 Å². The van der Waals surface area contributed by atoms with Gasteiger partial charge in [0.2, 0.25) is 5.91 Å². The zero-order valence-corrected chi connectivity index (χ0v) is 17.4. The number of aromatic nitrogens is 3. The number of amides is 1. The number of anilines is 1. The molecular weight excluding hydrogens is 382 g/mol. The number of benzene rings is 1. The van der Waals surface area contributed by atoms with Gasteiger partial charge in [0.25, 0.3) is 0 Å². The normalized spacial score (nSPS) is 18.4. The predicted octanol–water partition coefficient (Wildman–Crippen LogP) is 1.06. The van der Waals surface area contributed by atoms with Crippen LogP contribution in [0.3, 0.4) is 0 Å². The second kappa shape index (κ2) is 9.15. The lowest BCUT2D eigenvalue weighted by molar-refractivity contribution is -0.116. The molecular formula is C21H29N7O2. The van der Waals surface area contributed by atoms with Gasteiger partial charge in [-0.05, 0) is 30.9 Å². The van der Waals surface area contributed by atoms with Crippen LogP contribution in [0.25, 0.3) is 0 Å². The quantitative estimate of drug-likeness (QED) is 0.375. The van der Waals surface area contributed by atoms with Crippen LogP contribution in [0.5, 0.6) is 0 Å². The van der Waals surface area contributed by atoms with E-state index in [0.29, 0.717) is 32.0 Å². The molecule has 1 atom stereocenters. The molecule has 0 saturated heterocycles. The topological polar surface area (TPSA) is 105 Å². The average Bonchev–Trinajstić information content (AvgIpc) is 3.08. The number of rotatable bonds is 6. The van der Waals surface area contributed by atoms with E-state index in [9.17, 15) is 9.59 Å². The maximum atomic E-state index is 12.4. The van der Waals surface area contributed by atoms with Crippen LogP contribution < -0.4 is 21.6 Å². The number of fused-ring (bicyclic) bond motifs is 2. The summed E-state index contributed by atoms with van der Waals surface area (Å²) in [6.07, 6.45) is 4.27. The number of hydrogen-bond donors (Lipinski definition) is 3. The Bertz CT molecular complexity index is 991. The fraction of sp³-hybridized carbons (Fsp3) is 0.524. The Balaban J connectivity index is 1.26. The van der Waals surface area contributed by atoms with Crippen molar-refractivity contribution in [2.75, 3.05) is 25.5 Å². The minimum absolute atomic E-state index is 0.00134. The average molecular weight is 412 g/mol. The molecule has 2 aliphatic rings. The summed E-state index contributed by atoms with van der Waals surface area (Å²) in [6.45, 7) is 2.66. The summed E-state index contributed by atoms with van der Waals surface area (Å²) in [6, 6.07) is 7.91. The molecule has 1 amide bonds. The standard InChI is InChI=1S/C21H29N7O2/c1-22-20(24-14-15-13-19(29)25-17-8-3-2-7-16(15)17)23-10-6-12-28-21(30)27-11-5-4-9-18(27)26-28/h2-3,7-8,15H,4-6,9-14H2,1H3,(H,25,29)(H2,22,23,24). The summed E-state index contributed by atoms with van der Waals surface area (Å²) in [4.78, 5) is 28.6. The number of nitrogens with one attached hydrogen (secondary N) is 3. The number of guanidine groups is 1. The molecule has 0 spiro atoms. The van der Waals surface area contributed by atoms with Gasteiger partial charge in [0.1, 0.15) is 5.82 Å².